The van der Waals surface area contributed by atoms with Gasteiger partial charge >= 0.3 is 0 Å². The number of aromatic nitrogens is 3. The van der Waals surface area contributed by atoms with E-state index in [1.807, 2.05) is 76.5 Å². The van der Waals surface area contributed by atoms with Gasteiger partial charge in [0.15, 0.2) is 5.82 Å². The molecule has 16 heteroatoms. The smallest absolute Gasteiger partial charge is 0.246 e. The molecule has 0 spiro atoms. The number of phenolic OH excluding ortho intramolecular Hbond substituents is 1. The number of anilines is 2. The first-order valence-electron chi connectivity index (χ1n) is 21.4. The number of nitrogen functional groups attached to an aromatic ring is 1. The monoisotopic (exact) mass is 852 g/mol. The summed E-state index contributed by atoms with van der Waals surface area (Å²) >= 11 is 1.59. The highest BCUT2D eigenvalue weighted by Crippen LogP contribution is 2.32. The van der Waals surface area contributed by atoms with E-state index >= 15 is 0 Å². The van der Waals surface area contributed by atoms with Crippen LogP contribution in [0.25, 0.3) is 21.7 Å². The van der Waals surface area contributed by atoms with Gasteiger partial charge in [-0.25, -0.2) is 4.98 Å². The molecule has 0 radical (unpaired) electrons. The van der Waals surface area contributed by atoms with Crippen LogP contribution in [0.4, 0.5) is 11.5 Å². The van der Waals surface area contributed by atoms with E-state index in [0.717, 1.165) is 73.6 Å². The largest absolute Gasteiger partial charge is 0.507 e. The van der Waals surface area contributed by atoms with Crippen molar-refractivity contribution in [2.45, 2.75) is 103 Å². The lowest BCUT2D eigenvalue weighted by atomic mass is 9.85. The summed E-state index contributed by atoms with van der Waals surface area (Å²) in [6, 6.07) is 15.5. The van der Waals surface area contributed by atoms with E-state index in [1.165, 1.54) is 4.90 Å². The molecule has 0 bridgehead atoms. The van der Waals surface area contributed by atoms with Crippen LogP contribution in [0.1, 0.15) is 77.1 Å². The molecule has 4 atom stereocenters. The summed E-state index contributed by atoms with van der Waals surface area (Å²) in [6.07, 6.45) is 3.04. The summed E-state index contributed by atoms with van der Waals surface area (Å²) < 4.78 is 0. The fourth-order valence-corrected chi connectivity index (χ4v) is 9.65. The first-order chi connectivity index (χ1) is 29.1. The summed E-state index contributed by atoms with van der Waals surface area (Å²) in [5, 5.41) is 39.0. The molecule has 0 unspecified atom stereocenters. The molecule has 7 N–H and O–H groups in total. The van der Waals surface area contributed by atoms with E-state index in [-0.39, 0.29) is 55.1 Å². The Kier molecular flexibility index (Phi) is 13.6. The predicted octanol–water partition coefficient (Wildman–Crippen LogP) is 4.57. The van der Waals surface area contributed by atoms with Gasteiger partial charge in [-0.2, -0.15) is 0 Å². The number of phenols is 1. The van der Waals surface area contributed by atoms with E-state index < -0.39 is 23.6 Å². The third-order valence-corrected chi connectivity index (χ3v) is 13.4. The number of aryl methyl sites for hydroxylation is 1. The van der Waals surface area contributed by atoms with Crippen LogP contribution in [0, 0.1) is 12.3 Å². The standard InChI is InChI=1S/C45H60N10O5S/c1-27(29-10-12-30(13-11-29)40-28(2)47-26-61-40)48-43(59)37-22-33(56)24-55(37)44(60)41(45(3,4)5)50-39(58)25-53-18-16-32(17-19-53)54-20-14-31(15-21-54)49-36-23-35(51-52-42(36)46)34-8-6-7-9-38(34)57/h6-13,23,26-27,31-33,37,41,56-57H,14-22,24-25H2,1-5H3,(H2,46,52)(H,48,59)(H,49,51)(H,50,58)/t27-,33+,37-,41+/m0/s1. The Bertz CT molecular complexity index is 2160. The van der Waals surface area contributed by atoms with Crippen LogP contribution in [0.2, 0.25) is 0 Å². The maximum atomic E-state index is 14.2. The highest BCUT2D eigenvalue weighted by molar-refractivity contribution is 7.13. The molecule has 4 aromatic rings. The Morgan fingerprint density at radius 2 is 1.67 bits per heavy atom. The SMILES string of the molecule is Cc1ncsc1-c1ccc([C@H](C)NC(=O)[C@@H]2C[C@@H](O)CN2C(=O)[C@@H](NC(=O)CN2CCC(N3CCC(Nc4cc(-c5ccccc5O)nnc4N)CC3)CC2)C(C)(C)C)cc1. The number of thiazole rings is 1. The Hall–Kier alpha value is -5.16. The Labute approximate surface area is 362 Å². The highest BCUT2D eigenvalue weighted by atomic mass is 32.1. The zero-order chi connectivity index (χ0) is 43.4. The molecule has 2 aromatic carbocycles. The molecule has 15 nitrogen and oxygen atoms in total. The van der Waals surface area contributed by atoms with Crippen LogP contribution in [-0.4, -0.2) is 127 Å². The second-order valence-corrected chi connectivity index (χ2v) is 18.7. The minimum Gasteiger partial charge on any atom is -0.507 e. The second kappa shape index (κ2) is 18.8. The van der Waals surface area contributed by atoms with Crippen molar-refractivity contribution in [1.29, 1.82) is 0 Å². The average Bonchev–Trinajstić information content (AvgIpc) is 3.86. The molecule has 3 aliphatic heterocycles. The molecule has 7 rings (SSSR count). The molecular weight excluding hydrogens is 793 g/mol. The van der Waals surface area contributed by atoms with Crippen molar-refractivity contribution in [3.05, 3.63) is 71.4 Å². The number of likely N-dealkylation sites (tertiary alicyclic amines) is 3. The molecular formula is C45H60N10O5S. The molecule has 2 aromatic heterocycles. The van der Waals surface area contributed by atoms with Crippen molar-refractivity contribution >= 4 is 40.6 Å². The summed E-state index contributed by atoms with van der Waals surface area (Å²) in [4.78, 5) is 53.1. The minimum absolute atomic E-state index is 0.0209. The highest BCUT2D eigenvalue weighted by Gasteiger charge is 2.45. The molecule has 5 heterocycles. The van der Waals surface area contributed by atoms with Crippen LogP contribution in [0.5, 0.6) is 5.75 Å². The topological polar surface area (TPSA) is 202 Å². The molecule has 0 saturated carbocycles. The van der Waals surface area contributed by atoms with Gasteiger partial charge < -0.3 is 41.7 Å². The summed E-state index contributed by atoms with van der Waals surface area (Å²) in [5.74, 6) is -0.480. The second-order valence-electron chi connectivity index (χ2n) is 17.9. The molecule has 3 amide bonds. The zero-order valence-corrected chi connectivity index (χ0v) is 36.6. The number of piperidine rings is 2. The lowest BCUT2D eigenvalue weighted by molar-refractivity contribution is -0.144. The number of aromatic hydroxyl groups is 1. The van der Waals surface area contributed by atoms with Crippen molar-refractivity contribution in [1.82, 2.24) is 40.5 Å². The van der Waals surface area contributed by atoms with Crippen molar-refractivity contribution in [2.24, 2.45) is 5.41 Å². The number of amides is 3. The van der Waals surface area contributed by atoms with Gasteiger partial charge in [0.05, 0.1) is 46.2 Å². The van der Waals surface area contributed by atoms with Crippen LogP contribution >= 0.6 is 11.3 Å². The summed E-state index contributed by atoms with van der Waals surface area (Å²) in [6.45, 7) is 13.2. The molecule has 3 aliphatic rings. The van der Waals surface area contributed by atoms with Crippen LogP contribution in [-0.2, 0) is 14.4 Å². The van der Waals surface area contributed by atoms with Gasteiger partial charge in [0.1, 0.15) is 17.8 Å². The van der Waals surface area contributed by atoms with Crippen molar-refractivity contribution in [2.75, 3.05) is 50.3 Å². The number of aliphatic hydroxyl groups excluding tert-OH is 1. The Balaban J connectivity index is 0.879. The lowest BCUT2D eigenvalue weighted by Gasteiger charge is -2.42. The number of rotatable bonds is 12. The Morgan fingerprint density at radius 3 is 2.33 bits per heavy atom. The van der Waals surface area contributed by atoms with Crippen LogP contribution in [0.3, 0.4) is 0 Å². The predicted molar refractivity (Wildman–Crippen MR) is 238 cm³/mol. The number of nitrogens with two attached hydrogens (primary N) is 1. The number of nitrogens with one attached hydrogen (secondary N) is 3. The van der Waals surface area contributed by atoms with Gasteiger partial charge in [0.2, 0.25) is 17.7 Å². The fourth-order valence-electron chi connectivity index (χ4n) is 8.84. The van der Waals surface area contributed by atoms with Gasteiger partial charge in [-0.1, -0.05) is 57.2 Å². The molecule has 3 fully saturated rings. The lowest BCUT2D eigenvalue weighted by Crippen LogP contribution is -2.59. The average molecular weight is 853 g/mol. The number of nitrogens with zero attached hydrogens (tertiary/aromatic N) is 6. The molecule has 0 aliphatic carbocycles. The van der Waals surface area contributed by atoms with Crippen LogP contribution < -0.4 is 21.7 Å². The number of β-amino-alcohol motifs (C(OH)–C–C–N with tert-alkyl or cyclic N) is 1. The van der Waals surface area contributed by atoms with Crippen molar-refractivity contribution in [3.63, 3.8) is 0 Å². The number of aliphatic hydroxyl groups is 1. The molecule has 3 saturated heterocycles. The molecule has 61 heavy (non-hydrogen) atoms. The van der Waals surface area contributed by atoms with Gasteiger partial charge in [0.25, 0.3) is 0 Å². The third-order valence-electron chi connectivity index (χ3n) is 12.4. The Morgan fingerprint density at radius 1 is 0.967 bits per heavy atom. The van der Waals surface area contributed by atoms with E-state index in [4.69, 9.17) is 5.73 Å². The maximum absolute atomic E-state index is 14.2. The third kappa shape index (κ3) is 10.5. The van der Waals surface area contributed by atoms with E-state index in [2.05, 4.69) is 40.9 Å². The first kappa shape index (κ1) is 43.9. The van der Waals surface area contributed by atoms with E-state index in [9.17, 15) is 24.6 Å². The van der Waals surface area contributed by atoms with Gasteiger partial charge in [-0.15, -0.1) is 21.5 Å². The first-order valence-corrected chi connectivity index (χ1v) is 22.3. The maximum Gasteiger partial charge on any atom is 0.246 e. The number of hydrogen-bond acceptors (Lipinski definition) is 13. The van der Waals surface area contributed by atoms with Crippen molar-refractivity contribution in [3.8, 4) is 27.4 Å². The fraction of sp³-hybridized carbons (Fsp3) is 0.511. The number of carbonyl (C=O) groups is 3. The quantitative estimate of drug-likeness (QED) is 0.116. The number of carbonyl (C=O) groups excluding carboxylic acids is 3. The van der Waals surface area contributed by atoms with Gasteiger partial charge in [-0.3, -0.25) is 19.3 Å². The van der Waals surface area contributed by atoms with Gasteiger partial charge in [0, 0.05) is 56.8 Å². The normalized spacial score (nSPS) is 20.6. The number of para-hydroxylation sites is 1. The number of hydrogen-bond donors (Lipinski definition) is 6. The van der Waals surface area contributed by atoms with Crippen LogP contribution in [0.15, 0.2) is 60.1 Å². The zero-order valence-electron chi connectivity index (χ0n) is 35.8. The van der Waals surface area contributed by atoms with Gasteiger partial charge in [-0.05, 0) is 74.3 Å². The number of benzene rings is 2. The van der Waals surface area contributed by atoms with E-state index in [0.29, 0.717) is 28.8 Å². The van der Waals surface area contributed by atoms with E-state index in [1.54, 1.807) is 29.5 Å². The molecule has 326 valence electrons. The summed E-state index contributed by atoms with van der Waals surface area (Å²) in [5.41, 5.74) is 12.2. The minimum atomic E-state index is -0.886. The van der Waals surface area contributed by atoms with Crippen molar-refractivity contribution < 1.29 is 24.6 Å². The summed E-state index contributed by atoms with van der Waals surface area (Å²) in [7, 11) is 0.